The summed E-state index contributed by atoms with van der Waals surface area (Å²) in [6, 6.07) is 26.7. The molecule has 0 atom stereocenters. The number of anilines is 2. The second-order valence-electron chi connectivity index (χ2n) is 5.35. The van der Waals surface area contributed by atoms with E-state index in [-0.39, 0.29) is 0 Å². The van der Waals surface area contributed by atoms with E-state index < -0.39 is 0 Å². The first-order chi connectivity index (χ1) is 11.4. The molecule has 0 amide bonds. The van der Waals surface area contributed by atoms with Crippen LogP contribution in [0.15, 0.2) is 85.1 Å². The van der Waals surface area contributed by atoms with E-state index in [2.05, 4.69) is 45.8 Å². The van der Waals surface area contributed by atoms with Crippen molar-refractivity contribution in [1.29, 1.82) is 0 Å². The van der Waals surface area contributed by atoms with Gasteiger partial charge in [0.25, 0.3) is 0 Å². The second-order valence-corrected chi connectivity index (χ2v) is 5.35. The number of nitrogens with one attached hydrogen (secondary N) is 1. The maximum absolute atomic E-state index is 4.24. The van der Waals surface area contributed by atoms with Crippen LogP contribution in [0.5, 0.6) is 0 Å². The monoisotopic (exact) mass is 297 g/mol. The Labute approximate surface area is 134 Å². The van der Waals surface area contributed by atoms with E-state index in [0.29, 0.717) is 0 Å². The van der Waals surface area contributed by atoms with Gasteiger partial charge in [0.2, 0.25) is 0 Å². The van der Waals surface area contributed by atoms with Crippen molar-refractivity contribution in [3.63, 3.8) is 0 Å². The van der Waals surface area contributed by atoms with Gasteiger partial charge in [-0.1, -0.05) is 54.6 Å². The number of fused-ring (bicyclic) bond motifs is 1. The minimum absolute atomic E-state index is 0.772. The average Bonchev–Trinajstić information content (AvgIpc) is 2.63. The molecular formula is C20H15N3. The molecule has 0 aliphatic carbocycles. The summed E-state index contributed by atoms with van der Waals surface area (Å²) in [5.74, 6) is 0.772. The van der Waals surface area contributed by atoms with Crippen molar-refractivity contribution >= 4 is 22.3 Å². The van der Waals surface area contributed by atoms with Crippen LogP contribution in [0.25, 0.3) is 21.9 Å². The summed E-state index contributed by atoms with van der Waals surface area (Å²) in [5, 5.41) is 13.8. The van der Waals surface area contributed by atoms with Crippen molar-refractivity contribution < 1.29 is 0 Å². The predicted molar refractivity (Wildman–Crippen MR) is 94.7 cm³/mol. The molecule has 3 nitrogen and oxygen atoms in total. The summed E-state index contributed by atoms with van der Waals surface area (Å²) in [6.07, 6.45) is 1.80. The van der Waals surface area contributed by atoms with E-state index in [1.54, 1.807) is 6.20 Å². The highest BCUT2D eigenvalue weighted by Gasteiger charge is 2.06. The zero-order chi connectivity index (χ0) is 15.5. The van der Waals surface area contributed by atoms with Gasteiger partial charge in [-0.2, -0.15) is 5.10 Å². The fraction of sp³-hybridized carbons (Fsp3) is 0. The first kappa shape index (κ1) is 13.5. The van der Waals surface area contributed by atoms with E-state index in [0.717, 1.165) is 22.3 Å². The third-order valence-electron chi connectivity index (χ3n) is 3.80. The molecule has 110 valence electrons. The molecule has 4 rings (SSSR count). The number of nitrogens with zero attached hydrogens (tertiary/aromatic N) is 2. The van der Waals surface area contributed by atoms with Crippen molar-refractivity contribution in [2.45, 2.75) is 0 Å². The molecule has 0 saturated heterocycles. The fourth-order valence-corrected chi connectivity index (χ4v) is 2.65. The largest absolute Gasteiger partial charge is 0.338 e. The summed E-state index contributed by atoms with van der Waals surface area (Å²) >= 11 is 0. The molecule has 0 unspecified atom stereocenters. The number of aromatic nitrogens is 2. The van der Waals surface area contributed by atoms with Crippen LogP contribution in [0.2, 0.25) is 0 Å². The van der Waals surface area contributed by atoms with E-state index in [1.165, 1.54) is 11.1 Å². The molecule has 3 heteroatoms. The quantitative estimate of drug-likeness (QED) is 0.575. The lowest BCUT2D eigenvalue weighted by Crippen LogP contribution is -1.96. The molecule has 4 aromatic rings. The maximum atomic E-state index is 4.24. The van der Waals surface area contributed by atoms with Crippen LogP contribution in [0.4, 0.5) is 11.5 Å². The minimum atomic E-state index is 0.772. The molecule has 0 aliphatic rings. The van der Waals surface area contributed by atoms with Gasteiger partial charge >= 0.3 is 0 Å². The Morgan fingerprint density at radius 1 is 0.696 bits per heavy atom. The van der Waals surface area contributed by atoms with Crippen molar-refractivity contribution in [2.24, 2.45) is 0 Å². The van der Waals surface area contributed by atoms with Crippen LogP contribution in [0.1, 0.15) is 0 Å². The van der Waals surface area contributed by atoms with Crippen LogP contribution in [-0.2, 0) is 0 Å². The Kier molecular flexibility index (Phi) is 3.45. The number of para-hydroxylation sites is 1. The third kappa shape index (κ3) is 2.77. The maximum Gasteiger partial charge on any atom is 0.160 e. The molecule has 1 aromatic heterocycles. The highest BCUT2D eigenvalue weighted by atomic mass is 15.2. The topological polar surface area (TPSA) is 37.8 Å². The van der Waals surface area contributed by atoms with Gasteiger partial charge in [0.05, 0.1) is 6.20 Å². The summed E-state index contributed by atoms with van der Waals surface area (Å²) in [7, 11) is 0. The molecular weight excluding hydrogens is 282 g/mol. The Morgan fingerprint density at radius 2 is 1.43 bits per heavy atom. The van der Waals surface area contributed by atoms with Gasteiger partial charge in [0.15, 0.2) is 5.82 Å². The molecule has 1 N–H and O–H groups in total. The number of hydrogen-bond donors (Lipinski definition) is 1. The smallest absolute Gasteiger partial charge is 0.160 e. The SMILES string of the molecule is c1ccc(Nc2nncc3cc(-c4ccccc4)ccc23)cc1. The number of rotatable bonds is 3. The van der Waals surface area contributed by atoms with E-state index in [4.69, 9.17) is 0 Å². The van der Waals surface area contributed by atoms with Gasteiger partial charge in [-0.3, -0.25) is 0 Å². The van der Waals surface area contributed by atoms with Gasteiger partial charge in [-0.25, -0.2) is 0 Å². The molecule has 1 heterocycles. The lowest BCUT2D eigenvalue weighted by Gasteiger charge is -2.09. The van der Waals surface area contributed by atoms with E-state index >= 15 is 0 Å². The standard InChI is InChI=1S/C20H15N3/c1-3-7-15(8-4-1)16-11-12-19-17(13-16)14-21-23-20(19)22-18-9-5-2-6-10-18/h1-14H,(H,22,23). The molecule has 0 saturated carbocycles. The minimum Gasteiger partial charge on any atom is -0.338 e. The zero-order valence-corrected chi connectivity index (χ0v) is 12.5. The first-order valence-electron chi connectivity index (χ1n) is 7.53. The Hall–Kier alpha value is -3.20. The Balaban J connectivity index is 1.77. The van der Waals surface area contributed by atoms with Crippen LogP contribution < -0.4 is 5.32 Å². The Bertz CT molecular complexity index is 935. The average molecular weight is 297 g/mol. The molecule has 0 aliphatic heterocycles. The number of hydrogen-bond acceptors (Lipinski definition) is 3. The summed E-state index contributed by atoms with van der Waals surface area (Å²) in [6.45, 7) is 0. The van der Waals surface area contributed by atoms with Crippen molar-refractivity contribution in [2.75, 3.05) is 5.32 Å². The fourth-order valence-electron chi connectivity index (χ4n) is 2.65. The van der Waals surface area contributed by atoms with Crippen molar-refractivity contribution in [1.82, 2.24) is 10.2 Å². The van der Waals surface area contributed by atoms with Crippen LogP contribution in [0.3, 0.4) is 0 Å². The molecule has 0 radical (unpaired) electrons. The van der Waals surface area contributed by atoms with Gasteiger partial charge in [-0.15, -0.1) is 5.10 Å². The molecule has 23 heavy (non-hydrogen) atoms. The van der Waals surface area contributed by atoms with Crippen LogP contribution in [-0.4, -0.2) is 10.2 Å². The van der Waals surface area contributed by atoms with Crippen LogP contribution >= 0.6 is 0 Å². The highest BCUT2D eigenvalue weighted by Crippen LogP contribution is 2.28. The van der Waals surface area contributed by atoms with E-state index in [1.807, 2.05) is 48.5 Å². The molecule has 0 bridgehead atoms. The first-order valence-corrected chi connectivity index (χ1v) is 7.53. The van der Waals surface area contributed by atoms with Gasteiger partial charge in [0, 0.05) is 16.5 Å². The Morgan fingerprint density at radius 3 is 2.22 bits per heavy atom. The van der Waals surface area contributed by atoms with Gasteiger partial charge < -0.3 is 5.32 Å². The lowest BCUT2D eigenvalue weighted by atomic mass is 10.0. The van der Waals surface area contributed by atoms with Crippen molar-refractivity contribution in [3.05, 3.63) is 85.1 Å². The second kappa shape index (κ2) is 5.89. The van der Waals surface area contributed by atoms with Gasteiger partial charge in [-0.05, 0) is 35.4 Å². The van der Waals surface area contributed by atoms with Gasteiger partial charge in [0.1, 0.15) is 0 Å². The highest BCUT2D eigenvalue weighted by molar-refractivity contribution is 5.95. The van der Waals surface area contributed by atoms with Crippen LogP contribution in [0, 0.1) is 0 Å². The number of benzene rings is 3. The van der Waals surface area contributed by atoms with E-state index in [9.17, 15) is 0 Å². The third-order valence-corrected chi connectivity index (χ3v) is 3.80. The molecule has 0 spiro atoms. The van der Waals surface area contributed by atoms with Crippen molar-refractivity contribution in [3.8, 4) is 11.1 Å². The lowest BCUT2D eigenvalue weighted by molar-refractivity contribution is 1.05. The zero-order valence-electron chi connectivity index (χ0n) is 12.5. The summed E-state index contributed by atoms with van der Waals surface area (Å²) in [5.41, 5.74) is 3.38. The summed E-state index contributed by atoms with van der Waals surface area (Å²) in [4.78, 5) is 0. The normalized spacial score (nSPS) is 10.6. The summed E-state index contributed by atoms with van der Waals surface area (Å²) < 4.78 is 0. The predicted octanol–water partition coefficient (Wildman–Crippen LogP) is 5.04. The molecule has 0 fully saturated rings. The molecule has 3 aromatic carbocycles.